The molecular formula is C12H10BrN3S. The van der Waals surface area contributed by atoms with Crippen LogP contribution in [0.5, 0.6) is 0 Å². The fraction of sp³-hybridized carbons (Fsp3) is 0.0833. The molecule has 17 heavy (non-hydrogen) atoms. The molecule has 0 saturated carbocycles. The van der Waals surface area contributed by atoms with E-state index in [-0.39, 0.29) is 0 Å². The molecule has 0 aliphatic carbocycles. The van der Waals surface area contributed by atoms with Gasteiger partial charge < -0.3 is 10.3 Å². The summed E-state index contributed by atoms with van der Waals surface area (Å²) >= 11 is 5.20. The van der Waals surface area contributed by atoms with Crippen LogP contribution in [-0.4, -0.2) is 9.97 Å². The average molecular weight is 308 g/mol. The first-order chi connectivity index (χ1) is 8.24. The molecule has 1 aromatic carbocycles. The van der Waals surface area contributed by atoms with E-state index in [9.17, 15) is 0 Å². The zero-order chi connectivity index (χ0) is 11.8. The predicted octanol–water partition coefficient (Wildman–Crippen LogP) is 4.44. The van der Waals surface area contributed by atoms with E-state index in [1.54, 1.807) is 11.3 Å². The van der Waals surface area contributed by atoms with Crippen LogP contribution in [0.3, 0.4) is 0 Å². The van der Waals surface area contributed by atoms with Crippen LogP contribution in [0.4, 0.5) is 11.6 Å². The van der Waals surface area contributed by atoms with E-state index in [2.05, 4.69) is 43.5 Å². The first-order valence-electron chi connectivity index (χ1n) is 5.19. The largest absolute Gasteiger partial charge is 0.324 e. The standard InChI is InChI=1S/C12H10BrN3S/c1-7-6-17-11(13)10(7)16-12-14-8-4-2-3-5-9(8)15-12/h2-6H,1H3,(H2,14,15,16). The van der Waals surface area contributed by atoms with E-state index < -0.39 is 0 Å². The van der Waals surface area contributed by atoms with Crippen LogP contribution in [0.25, 0.3) is 11.0 Å². The molecule has 0 saturated heterocycles. The number of hydrogen-bond acceptors (Lipinski definition) is 3. The molecule has 0 amide bonds. The fourth-order valence-electron chi connectivity index (χ4n) is 1.69. The van der Waals surface area contributed by atoms with Gasteiger partial charge in [0.2, 0.25) is 5.95 Å². The van der Waals surface area contributed by atoms with Gasteiger partial charge in [-0.15, -0.1) is 11.3 Å². The maximum absolute atomic E-state index is 4.49. The van der Waals surface area contributed by atoms with Crippen molar-refractivity contribution in [2.75, 3.05) is 5.32 Å². The van der Waals surface area contributed by atoms with Crippen LogP contribution >= 0.6 is 27.3 Å². The molecule has 3 rings (SSSR count). The molecule has 3 aromatic rings. The lowest BCUT2D eigenvalue weighted by molar-refractivity contribution is 1.30. The van der Waals surface area contributed by atoms with Crippen molar-refractivity contribution in [3.05, 3.63) is 39.0 Å². The van der Waals surface area contributed by atoms with Crippen molar-refractivity contribution in [2.45, 2.75) is 6.92 Å². The zero-order valence-electron chi connectivity index (χ0n) is 9.12. The molecule has 0 bridgehead atoms. The van der Waals surface area contributed by atoms with Gasteiger partial charge in [0.25, 0.3) is 0 Å². The van der Waals surface area contributed by atoms with Crippen LogP contribution in [0, 0.1) is 6.92 Å². The first-order valence-corrected chi connectivity index (χ1v) is 6.86. The number of aromatic nitrogens is 2. The molecule has 0 fully saturated rings. The number of halogens is 1. The summed E-state index contributed by atoms with van der Waals surface area (Å²) in [6.45, 7) is 2.08. The van der Waals surface area contributed by atoms with E-state index in [0.29, 0.717) is 0 Å². The van der Waals surface area contributed by atoms with E-state index >= 15 is 0 Å². The number of aromatic amines is 1. The Hall–Kier alpha value is -1.33. The molecule has 3 nitrogen and oxygen atoms in total. The fourth-order valence-corrected chi connectivity index (χ4v) is 3.11. The minimum Gasteiger partial charge on any atom is -0.324 e. The summed E-state index contributed by atoms with van der Waals surface area (Å²) in [4.78, 5) is 7.74. The molecule has 0 aliphatic heterocycles. The number of thiophene rings is 1. The molecule has 86 valence electrons. The van der Waals surface area contributed by atoms with Gasteiger partial charge in [-0.3, -0.25) is 0 Å². The summed E-state index contributed by atoms with van der Waals surface area (Å²) < 4.78 is 1.09. The van der Waals surface area contributed by atoms with Gasteiger partial charge in [-0.05, 0) is 45.9 Å². The Kier molecular flexibility index (Phi) is 2.64. The summed E-state index contributed by atoms with van der Waals surface area (Å²) in [6.07, 6.45) is 0. The van der Waals surface area contributed by atoms with E-state index in [4.69, 9.17) is 0 Å². The molecule has 0 atom stereocenters. The van der Waals surface area contributed by atoms with Crippen LogP contribution in [-0.2, 0) is 0 Å². The Morgan fingerprint density at radius 1 is 1.35 bits per heavy atom. The molecule has 5 heteroatoms. The number of rotatable bonds is 2. The number of nitrogens with zero attached hydrogens (tertiary/aromatic N) is 1. The Balaban J connectivity index is 2.00. The Morgan fingerprint density at radius 3 is 2.88 bits per heavy atom. The van der Waals surface area contributed by atoms with Crippen LogP contribution in [0.15, 0.2) is 33.4 Å². The normalized spacial score (nSPS) is 10.9. The average Bonchev–Trinajstić information content (AvgIpc) is 2.87. The maximum atomic E-state index is 4.49. The SMILES string of the molecule is Cc1csc(Br)c1Nc1nc2ccccc2[nH]1. The minimum absolute atomic E-state index is 0.772. The monoisotopic (exact) mass is 307 g/mol. The minimum atomic E-state index is 0.772. The highest BCUT2D eigenvalue weighted by Gasteiger charge is 2.08. The third-order valence-electron chi connectivity index (χ3n) is 2.56. The Bertz CT molecular complexity index is 619. The van der Waals surface area contributed by atoms with Gasteiger partial charge in [-0.2, -0.15) is 0 Å². The second-order valence-electron chi connectivity index (χ2n) is 3.79. The highest BCUT2D eigenvalue weighted by Crippen LogP contribution is 2.34. The van der Waals surface area contributed by atoms with Crippen molar-refractivity contribution in [3.63, 3.8) is 0 Å². The van der Waals surface area contributed by atoms with Gasteiger partial charge in [0.15, 0.2) is 0 Å². The van der Waals surface area contributed by atoms with Crippen molar-refractivity contribution in [1.29, 1.82) is 0 Å². The molecule has 0 unspecified atom stereocenters. The summed E-state index contributed by atoms with van der Waals surface area (Å²) in [6, 6.07) is 7.99. The Labute approximate surface area is 111 Å². The Morgan fingerprint density at radius 2 is 2.18 bits per heavy atom. The van der Waals surface area contributed by atoms with Crippen LogP contribution < -0.4 is 5.32 Å². The van der Waals surface area contributed by atoms with Gasteiger partial charge in [-0.1, -0.05) is 12.1 Å². The van der Waals surface area contributed by atoms with Crippen molar-refractivity contribution in [1.82, 2.24) is 9.97 Å². The molecule has 2 aromatic heterocycles. The molecule has 0 aliphatic rings. The van der Waals surface area contributed by atoms with Crippen molar-refractivity contribution < 1.29 is 0 Å². The molecule has 0 radical (unpaired) electrons. The lowest BCUT2D eigenvalue weighted by Crippen LogP contribution is -1.92. The summed E-state index contributed by atoms with van der Waals surface area (Å²) in [7, 11) is 0. The van der Waals surface area contributed by atoms with Crippen molar-refractivity contribution in [3.8, 4) is 0 Å². The number of hydrogen-bond donors (Lipinski definition) is 2. The maximum Gasteiger partial charge on any atom is 0.205 e. The smallest absolute Gasteiger partial charge is 0.205 e. The second kappa shape index (κ2) is 4.16. The van der Waals surface area contributed by atoms with Gasteiger partial charge in [-0.25, -0.2) is 4.98 Å². The number of fused-ring (bicyclic) bond motifs is 1. The number of imidazole rings is 1. The predicted molar refractivity (Wildman–Crippen MR) is 76.1 cm³/mol. The first kappa shape index (κ1) is 10.8. The molecule has 2 N–H and O–H groups in total. The van der Waals surface area contributed by atoms with Crippen molar-refractivity contribution in [2.24, 2.45) is 0 Å². The third-order valence-corrected chi connectivity index (χ3v) is 4.40. The lowest BCUT2D eigenvalue weighted by Gasteiger charge is -2.02. The molecule has 0 spiro atoms. The van der Waals surface area contributed by atoms with Gasteiger partial charge in [0.1, 0.15) is 0 Å². The number of para-hydroxylation sites is 2. The van der Waals surface area contributed by atoms with Gasteiger partial charge >= 0.3 is 0 Å². The quantitative estimate of drug-likeness (QED) is 0.735. The van der Waals surface area contributed by atoms with E-state index in [0.717, 1.165) is 26.5 Å². The summed E-state index contributed by atoms with van der Waals surface area (Å²) in [5.74, 6) is 0.772. The molecular weight excluding hydrogens is 298 g/mol. The topological polar surface area (TPSA) is 40.7 Å². The van der Waals surface area contributed by atoms with E-state index in [1.165, 1.54) is 5.56 Å². The van der Waals surface area contributed by atoms with Crippen LogP contribution in [0.1, 0.15) is 5.56 Å². The van der Waals surface area contributed by atoms with Crippen LogP contribution in [0.2, 0.25) is 0 Å². The van der Waals surface area contributed by atoms with Gasteiger partial charge in [0.05, 0.1) is 20.5 Å². The number of aryl methyl sites for hydroxylation is 1. The van der Waals surface area contributed by atoms with Gasteiger partial charge in [0, 0.05) is 0 Å². The number of benzene rings is 1. The second-order valence-corrected chi connectivity index (χ2v) is 5.99. The number of nitrogens with one attached hydrogen (secondary N) is 2. The number of H-pyrrole nitrogens is 1. The highest BCUT2D eigenvalue weighted by atomic mass is 79.9. The van der Waals surface area contributed by atoms with Crippen molar-refractivity contribution >= 4 is 49.9 Å². The number of anilines is 2. The summed E-state index contributed by atoms with van der Waals surface area (Å²) in [5, 5.41) is 5.41. The summed E-state index contributed by atoms with van der Waals surface area (Å²) in [5.41, 5.74) is 4.30. The molecule has 2 heterocycles. The lowest BCUT2D eigenvalue weighted by atomic mass is 10.3. The third kappa shape index (κ3) is 1.96. The highest BCUT2D eigenvalue weighted by molar-refractivity contribution is 9.11. The van der Waals surface area contributed by atoms with E-state index in [1.807, 2.05) is 24.3 Å². The zero-order valence-corrected chi connectivity index (χ0v) is 11.5.